The summed E-state index contributed by atoms with van der Waals surface area (Å²) in [6.07, 6.45) is -0.645. The minimum atomic E-state index is -4.57. The van der Waals surface area contributed by atoms with Crippen LogP contribution in [0.15, 0.2) is 41.6 Å². The van der Waals surface area contributed by atoms with Gasteiger partial charge in [0.15, 0.2) is 0 Å². The molecule has 7 nitrogen and oxygen atoms in total. The molecule has 0 atom stereocenters. The molecule has 0 spiro atoms. The summed E-state index contributed by atoms with van der Waals surface area (Å²) in [5.41, 5.74) is -1.61. The number of halogens is 3. The number of carbonyl (C=O) groups is 1. The lowest BCUT2D eigenvalue weighted by Gasteiger charge is -2.34. The van der Waals surface area contributed by atoms with Gasteiger partial charge in [-0.25, -0.2) is 9.97 Å². The number of rotatable bonds is 3. The van der Waals surface area contributed by atoms with E-state index in [9.17, 15) is 22.8 Å². The third-order valence-corrected chi connectivity index (χ3v) is 4.08. The molecule has 1 fully saturated rings. The van der Waals surface area contributed by atoms with Gasteiger partial charge in [0.1, 0.15) is 6.54 Å². The van der Waals surface area contributed by atoms with Crippen molar-refractivity contribution in [1.29, 1.82) is 0 Å². The maximum Gasteiger partial charge on any atom is 0.417 e. The number of alkyl halides is 3. The Balaban J connectivity index is 1.64. The number of nitrogens with zero attached hydrogens (tertiary/aromatic N) is 5. The zero-order valence-corrected chi connectivity index (χ0v) is 13.7. The molecule has 0 aliphatic carbocycles. The summed E-state index contributed by atoms with van der Waals surface area (Å²) in [6.45, 7) is 1.35. The maximum atomic E-state index is 12.8. The summed E-state index contributed by atoms with van der Waals surface area (Å²) in [7, 11) is 0. The van der Waals surface area contributed by atoms with Crippen LogP contribution in [0.2, 0.25) is 0 Å². The standard InChI is InChI=1S/C16H16F3N5O2/c17-16(18,19)12-2-3-13(25)24(10-12)11-14(26)22-6-8-23(9-7-22)15-20-4-1-5-21-15/h1-5,10H,6-9,11H2. The Morgan fingerprint density at radius 3 is 2.35 bits per heavy atom. The second kappa shape index (κ2) is 7.14. The van der Waals surface area contributed by atoms with Crippen molar-refractivity contribution in [3.05, 3.63) is 52.7 Å². The van der Waals surface area contributed by atoms with Crippen molar-refractivity contribution in [2.24, 2.45) is 0 Å². The average Bonchev–Trinajstić information content (AvgIpc) is 2.63. The van der Waals surface area contributed by atoms with E-state index >= 15 is 0 Å². The fraction of sp³-hybridized carbons (Fsp3) is 0.375. The second-order valence-electron chi connectivity index (χ2n) is 5.80. The average molecular weight is 367 g/mol. The maximum absolute atomic E-state index is 12.8. The number of piperazine rings is 1. The SMILES string of the molecule is O=C(Cn1cc(C(F)(F)F)ccc1=O)N1CCN(c2ncccn2)CC1. The quantitative estimate of drug-likeness (QED) is 0.810. The first-order valence-corrected chi connectivity index (χ1v) is 7.92. The van der Waals surface area contributed by atoms with E-state index in [0.29, 0.717) is 44.4 Å². The summed E-state index contributed by atoms with van der Waals surface area (Å²) in [4.78, 5) is 35.8. The number of carbonyl (C=O) groups excluding carboxylic acids is 1. The molecule has 2 aromatic rings. The largest absolute Gasteiger partial charge is 0.417 e. The van der Waals surface area contributed by atoms with Crippen LogP contribution < -0.4 is 10.5 Å². The Morgan fingerprint density at radius 2 is 1.73 bits per heavy atom. The van der Waals surface area contributed by atoms with Crippen molar-refractivity contribution < 1.29 is 18.0 Å². The van der Waals surface area contributed by atoms with Gasteiger partial charge in [-0.2, -0.15) is 13.2 Å². The van der Waals surface area contributed by atoms with Gasteiger partial charge in [0.25, 0.3) is 5.56 Å². The molecule has 0 bridgehead atoms. The summed E-state index contributed by atoms with van der Waals surface area (Å²) < 4.78 is 39.1. The topological polar surface area (TPSA) is 71.3 Å². The highest BCUT2D eigenvalue weighted by molar-refractivity contribution is 5.76. The van der Waals surface area contributed by atoms with Crippen LogP contribution in [0.5, 0.6) is 0 Å². The highest BCUT2D eigenvalue weighted by Crippen LogP contribution is 2.28. The minimum Gasteiger partial charge on any atom is -0.338 e. The van der Waals surface area contributed by atoms with Crippen molar-refractivity contribution >= 4 is 11.9 Å². The lowest BCUT2D eigenvalue weighted by atomic mass is 10.2. The molecule has 3 heterocycles. The third-order valence-electron chi connectivity index (χ3n) is 4.08. The summed E-state index contributed by atoms with van der Waals surface area (Å²) >= 11 is 0. The lowest BCUT2D eigenvalue weighted by molar-refractivity contribution is -0.138. The highest BCUT2D eigenvalue weighted by atomic mass is 19.4. The molecule has 1 aliphatic rings. The van der Waals surface area contributed by atoms with Crippen molar-refractivity contribution in [3.63, 3.8) is 0 Å². The van der Waals surface area contributed by atoms with Crippen LogP contribution in [0.4, 0.5) is 19.1 Å². The molecule has 1 amide bonds. The second-order valence-corrected chi connectivity index (χ2v) is 5.80. The number of amides is 1. The van der Waals surface area contributed by atoms with Crippen LogP contribution in [0, 0.1) is 0 Å². The van der Waals surface area contributed by atoms with Crippen molar-refractivity contribution in [2.45, 2.75) is 12.7 Å². The zero-order valence-electron chi connectivity index (χ0n) is 13.7. The van der Waals surface area contributed by atoms with E-state index in [1.54, 1.807) is 18.5 Å². The molecule has 1 saturated heterocycles. The first-order chi connectivity index (χ1) is 12.3. The monoisotopic (exact) mass is 367 g/mol. The van der Waals surface area contributed by atoms with Crippen LogP contribution in [0.25, 0.3) is 0 Å². The van der Waals surface area contributed by atoms with Gasteiger partial charge in [0.2, 0.25) is 11.9 Å². The minimum absolute atomic E-state index is 0.380. The first-order valence-electron chi connectivity index (χ1n) is 7.92. The van der Waals surface area contributed by atoms with E-state index in [-0.39, 0.29) is 0 Å². The van der Waals surface area contributed by atoms with Crippen LogP contribution in [0.3, 0.4) is 0 Å². The first kappa shape index (κ1) is 17.9. The van der Waals surface area contributed by atoms with Gasteiger partial charge in [-0.15, -0.1) is 0 Å². The van der Waals surface area contributed by atoms with Gasteiger partial charge in [-0.1, -0.05) is 0 Å². The molecule has 3 rings (SSSR count). The van der Waals surface area contributed by atoms with Crippen molar-refractivity contribution in [3.8, 4) is 0 Å². The molecule has 0 N–H and O–H groups in total. The molecule has 0 saturated carbocycles. The summed E-state index contributed by atoms with van der Waals surface area (Å²) in [5.74, 6) is 0.161. The Kier molecular flexibility index (Phi) is 4.92. The van der Waals surface area contributed by atoms with Gasteiger partial charge in [-0.3, -0.25) is 9.59 Å². The van der Waals surface area contributed by atoms with E-state index in [2.05, 4.69) is 9.97 Å². The fourth-order valence-corrected chi connectivity index (χ4v) is 2.68. The van der Waals surface area contributed by atoms with Gasteiger partial charge in [0, 0.05) is 50.8 Å². The van der Waals surface area contributed by atoms with E-state index < -0.39 is 29.8 Å². The molecule has 0 aromatic carbocycles. The molecule has 10 heteroatoms. The van der Waals surface area contributed by atoms with Gasteiger partial charge in [-0.05, 0) is 12.1 Å². The summed E-state index contributed by atoms with van der Waals surface area (Å²) in [6, 6.07) is 3.23. The number of pyridine rings is 1. The van der Waals surface area contributed by atoms with Crippen LogP contribution >= 0.6 is 0 Å². The molecule has 26 heavy (non-hydrogen) atoms. The fourth-order valence-electron chi connectivity index (χ4n) is 2.68. The van der Waals surface area contributed by atoms with Crippen LogP contribution in [0.1, 0.15) is 5.56 Å². The Morgan fingerprint density at radius 1 is 1.08 bits per heavy atom. The van der Waals surface area contributed by atoms with Crippen molar-refractivity contribution in [1.82, 2.24) is 19.4 Å². The number of hydrogen-bond donors (Lipinski definition) is 0. The van der Waals surface area contributed by atoms with Gasteiger partial charge >= 0.3 is 6.18 Å². The van der Waals surface area contributed by atoms with E-state index in [0.717, 1.165) is 10.6 Å². The molecule has 1 aliphatic heterocycles. The van der Waals surface area contributed by atoms with Gasteiger partial charge in [0.05, 0.1) is 5.56 Å². The zero-order chi connectivity index (χ0) is 18.7. The molecule has 138 valence electrons. The van der Waals surface area contributed by atoms with Crippen molar-refractivity contribution in [2.75, 3.05) is 31.1 Å². The molecular formula is C16H16F3N5O2. The predicted molar refractivity (Wildman–Crippen MR) is 86.5 cm³/mol. The number of aromatic nitrogens is 3. The van der Waals surface area contributed by atoms with Crippen LogP contribution in [-0.4, -0.2) is 51.5 Å². The smallest absolute Gasteiger partial charge is 0.338 e. The molecule has 0 unspecified atom stereocenters. The van der Waals surface area contributed by atoms with E-state index in [1.807, 2.05) is 4.90 Å². The predicted octanol–water partition coefficient (Wildman–Crippen LogP) is 1.01. The Labute approximate surface area is 146 Å². The number of anilines is 1. The normalized spacial score (nSPS) is 15.2. The number of hydrogen-bond acceptors (Lipinski definition) is 5. The van der Waals surface area contributed by atoms with E-state index in [4.69, 9.17) is 0 Å². The molecule has 0 radical (unpaired) electrons. The molecular weight excluding hydrogens is 351 g/mol. The molecule has 2 aromatic heterocycles. The Hall–Kier alpha value is -2.91. The van der Waals surface area contributed by atoms with Gasteiger partial charge < -0.3 is 14.4 Å². The lowest BCUT2D eigenvalue weighted by Crippen LogP contribution is -2.50. The van der Waals surface area contributed by atoms with E-state index in [1.165, 1.54) is 4.90 Å². The summed E-state index contributed by atoms with van der Waals surface area (Å²) in [5, 5.41) is 0. The highest BCUT2D eigenvalue weighted by Gasteiger charge is 2.31. The third kappa shape index (κ3) is 4.01. The Bertz CT molecular complexity index is 830. The van der Waals surface area contributed by atoms with Crippen LogP contribution in [-0.2, 0) is 17.5 Å².